The minimum atomic E-state index is -0.0199. The van der Waals surface area contributed by atoms with E-state index in [0.717, 1.165) is 19.3 Å². The minimum Gasteiger partial charge on any atom is -0.486 e. The molecule has 1 unspecified atom stereocenters. The first-order chi connectivity index (χ1) is 11.6. The van der Waals surface area contributed by atoms with Crippen molar-refractivity contribution in [3.63, 3.8) is 0 Å². The highest BCUT2D eigenvalue weighted by Gasteiger charge is 2.29. The Hall–Kier alpha value is -2.04. The molecule has 1 aromatic carbocycles. The number of piperidine rings is 1. The molecule has 0 N–H and O–H groups in total. The number of rotatable bonds is 4. The number of likely N-dealkylation sites (tertiary alicyclic amines) is 1. The average Bonchev–Trinajstić information content (AvgIpc) is 2.66. The van der Waals surface area contributed by atoms with E-state index in [1.54, 1.807) is 6.07 Å². The summed E-state index contributed by atoms with van der Waals surface area (Å²) in [7, 11) is 0. The fourth-order valence-electron chi connectivity index (χ4n) is 3.28. The van der Waals surface area contributed by atoms with Gasteiger partial charge in [0, 0.05) is 30.5 Å². The lowest BCUT2D eigenvalue weighted by Gasteiger charge is -2.33. The first-order valence-corrected chi connectivity index (χ1v) is 8.82. The van der Waals surface area contributed by atoms with Gasteiger partial charge in [0.25, 0.3) is 0 Å². The highest BCUT2D eigenvalue weighted by Crippen LogP contribution is 2.32. The molecule has 0 saturated carbocycles. The number of ketones is 1. The van der Waals surface area contributed by atoms with Gasteiger partial charge in [-0.1, -0.05) is 13.8 Å². The molecule has 5 nitrogen and oxygen atoms in total. The largest absolute Gasteiger partial charge is 0.486 e. The lowest BCUT2D eigenvalue weighted by molar-refractivity contribution is -0.136. The van der Waals surface area contributed by atoms with E-state index in [1.807, 2.05) is 30.9 Å². The lowest BCUT2D eigenvalue weighted by Crippen LogP contribution is -2.42. The van der Waals surface area contributed by atoms with Crippen molar-refractivity contribution in [3.8, 4) is 11.5 Å². The number of hydrogen-bond donors (Lipinski definition) is 0. The van der Waals surface area contributed by atoms with Crippen LogP contribution in [0.2, 0.25) is 0 Å². The standard InChI is InChI=1S/C19H25NO4/c1-3-13(2)19(22)20-8-6-14(7-9-20)18(21)15-4-5-16-17(12-15)24-11-10-23-16/h4-5,12-14H,3,6-11H2,1-2H3. The Kier molecular flexibility index (Phi) is 5.07. The van der Waals surface area contributed by atoms with Crippen LogP contribution in [0.1, 0.15) is 43.5 Å². The molecular weight excluding hydrogens is 306 g/mol. The molecule has 2 aliphatic rings. The smallest absolute Gasteiger partial charge is 0.225 e. The Balaban J connectivity index is 1.62. The molecule has 0 bridgehead atoms. The predicted octanol–water partition coefficient (Wildman–Crippen LogP) is 2.93. The molecule has 2 heterocycles. The van der Waals surface area contributed by atoms with Gasteiger partial charge in [-0.15, -0.1) is 0 Å². The van der Waals surface area contributed by atoms with Gasteiger partial charge in [0.1, 0.15) is 13.2 Å². The Morgan fingerprint density at radius 3 is 2.50 bits per heavy atom. The third kappa shape index (κ3) is 3.40. The molecule has 0 aliphatic carbocycles. The van der Waals surface area contributed by atoms with Crippen molar-refractivity contribution in [2.45, 2.75) is 33.1 Å². The van der Waals surface area contributed by atoms with Crippen LogP contribution in [0.5, 0.6) is 11.5 Å². The summed E-state index contributed by atoms with van der Waals surface area (Å²) >= 11 is 0. The molecule has 130 valence electrons. The zero-order chi connectivity index (χ0) is 17.1. The number of carbonyl (C=O) groups excluding carboxylic acids is 2. The topological polar surface area (TPSA) is 55.8 Å². The van der Waals surface area contributed by atoms with Gasteiger partial charge < -0.3 is 14.4 Å². The first-order valence-electron chi connectivity index (χ1n) is 8.82. The maximum Gasteiger partial charge on any atom is 0.225 e. The number of nitrogens with zero attached hydrogens (tertiary/aromatic N) is 1. The summed E-state index contributed by atoms with van der Waals surface area (Å²) in [6.07, 6.45) is 2.32. The van der Waals surface area contributed by atoms with Gasteiger partial charge >= 0.3 is 0 Å². The van der Waals surface area contributed by atoms with Crippen molar-refractivity contribution in [1.29, 1.82) is 0 Å². The van der Waals surface area contributed by atoms with Crippen molar-refractivity contribution < 1.29 is 19.1 Å². The maximum absolute atomic E-state index is 12.8. The number of carbonyl (C=O) groups is 2. The van der Waals surface area contributed by atoms with E-state index >= 15 is 0 Å². The van der Waals surface area contributed by atoms with Crippen LogP contribution in [0.15, 0.2) is 18.2 Å². The Morgan fingerprint density at radius 2 is 1.83 bits per heavy atom. The molecular formula is C19H25NO4. The van der Waals surface area contributed by atoms with Crippen molar-refractivity contribution in [1.82, 2.24) is 4.90 Å². The monoisotopic (exact) mass is 331 g/mol. The van der Waals surface area contributed by atoms with Crippen LogP contribution in [0.25, 0.3) is 0 Å². The summed E-state index contributed by atoms with van der Waals surface area (Å²) in [6, 6.07) is 5.41. The number of Topliss-reactive ketones (excluding diaryl/α,β-unsaturated/α-hetero) is 1. The zero-order valence-corrected chi connectivity index (χ0v) is 14.4. The van der Waals surface area contributed by atoms with Gasteiger partial charge in [-0.3, -0.25) is 9.59 Å². The Labute approximate surface area is 142 Å². The van der Waals surface area contributed by atoms with Crippen LogP contribution in [0, 0.1) is 11.8 Å². The van der Waals surface area contributed by atoms with Gasteiger partial charge in [0.05, 0.1) is 0 Å². The molecule has 1 aromatic rings. The normalized spacial score (nSPS) is 19.0. The second-order valence-electron chi connectivity index (χ2n) is 6.63. The van der Waals surface area contributed by atoms with E-state index in [1.165, 1.54) is 0 Å². The fourth-order valence-corrected chi connectivity index (χ4v) is 3.28. The minimum absolute atomic E-state index is 0.0199. The van der Waals surface area contributed by atoms with Crippen molar-refractivity contribution in [3.05, 3.63) is 23.8 Å². The van der Waals surface area contributed by atoms with Crippen LogP contribution < -0.4 is 9.47 Å². The molecule has 1 amide bonds. The number of fused-ring (bicyclic) bond motifs is 1. The van der Waals surface area contributed by atoms with Crippen molar-refractivity contribution >= 4 is 11.7 Å². The predicted molar refractivity (Wildman–Crippen MR) is 90.5 cm³/mol. The third-order valence-corrected chi connectivity index (χ3v) is 5.04. The molecule has 0 spiro atoms. The summed E-state index contributed by atoms with van der Waals surface area (Å²) in [4.78, 5) is 26.9. The second kappa shape index (κ2) is 7.24. The van der Waals surface area contributed by atoms with Gasteiger partial charge in [-0.2, -0.15) is 0 Å². The SMILES string of the molecule is CCC(C)C(=O)N1CCC(C(=O)c2ccc3c(c2)OCCO3)CC1. The molecule has 0 radical (unpaired) electrons. The van der Waals surface area contributed by atoms with Crippen molar-refractivity contribution in [2.75, 3.05) is 26.3 Å². The maximum atomic E-state index is 12.8. The van der Waals surface area contributed by atoms with Crippen molar-refractivity contribution in [2.24, 2.45) is 11.8 Å². The lowest BCUT2D eigenvalue weighted by atomic mass is 9.88. The molecule has 0 aromatic heterocycles. The van der Waals surface area contributed by atoms with Crippen LogP contribution in [0.3, 0.4) is 0 Å². The molecule has 24 heavy (non-hydrogen) atoms. The van der Waals surface area contributed by atoms with Crippen LogP contribution >= 0.6 is 0 Å². The molecule has 1 atom stereocenters. The Morgan fingerprint density at radius 1 is 1.17 bits per heavy atom. The van der Waals surface area contributed by atoms with Crippen LogP contribution in [-0.4, -0.2) is 42.9 Å². The molecule has 1 fully saturated rings. The Bertz CT molecular complexity index is 620. The average molecular weight is 331 g/mol. The van der Waals surface area contributed by atoms with Gasteiger partial charge in [-0.05, 0) is 37.5 Å². The highest BCUT2D eigenvalue weighted by molar-refractivity contribution is 5.98. The van der Waals surface area contributed by atoms with E-state index in [-0.39, 0.29) is 23.5 Å². The molecule has 2 aliphatic heterocycles. The summed E-state index contributed by atoms with van der Waals surface area (Å²) in [5.74, 6) is 1.75. The summed E-state index contributed by atoms with van der Waals surface area (Å²) in [5, 5.41) is 0. The highest BCUT2D eigenvalue weighted by atomic mass is 16.6. The number of amides is 1. The summed E-state index contributed by atoms with van der Waals surface area (Å²) in [5.41, 5.74) is 0.672. The van der Waals surface area contributed by atoms with Gasteiger partial charge in [0.15, 0.2) is 17.3 Å². The molecule has 1 saturated heterocycles. The third-order valence-electron chi connectivity index (χ3n) is 5.04. The van der Waals surface area contributed by atoms with E-state index in [4.69, 9.17) is 9.47 Å². The summed E-state index contributed by atoms with van der Waals surface area (Å²) < 4.78 is 11.1. The zero-order valence-electron chi connectivity index (χ0n) is 14.4. The van der Waals surface area contributed by atoms with Gasteiger partial charge in [0.2, 0.25) is 5.91 Å². The second-order valence-corrected chi connectivity index (χ2v) is 6.63. The molecule has 5 heteroatoms. The van der Waals surface area contributed by atoms with E-state index < -0.39 is 0 Å². The number of benzene rings is 1. The van der Waals surface area contributed by atoms with E-state index in [0.29, 0.717) is 43.4 Å². The number of hydrogen-bond acceptors (Lipinski definition) is 4. The van der Waals surface area contributed by atoms with E-state index in [9.17, 15) is 9.59 Å². The van der Waals surface area contributed by atoms with Crippen LogP contribution in [0.4, 0.5) is 0 Å². The first kappa shape index (κ1) is 16.8. The van der Waals surface area contributed by atoms with E-state index in [2.05, 4.69) is 0 Å². The molecule has 3 rings (SSSR count). The number of ether oxygens (including phenoxy) is 2. The quantitative estimate of drug-likeness (QED) is 0.796. The summed E-state index contributed by atoms with van der Waals surface area (Å²) in [6.45, 7) is 6.40. The fraction of sp³-hybridized carbons (Fsp3) is 0.579. The van der Waals surface area contributed by atoms with Gasteiger partial charge in [-0.25, -0.2) is 0 Å². The van der Waals surface area contributed by atoms with Crippen LogP contribution in [-0.2, 0) is 4.79 Å².